The van der Waals surface area contributed by atoms with E-state index in [1.165, 1.54) is 11.1 Å². The predicted octanol–water partition coefficient (Wildman–Crippen LogP) is 7.09. The second-order valence-electron chi connectivity index (χ2n) is 9.10. The minimum Gasteiger partial charge on any atom is -0.497 e. The fourth-order valence-electron chi connectivity index (χ4n) is 4.47. The highest BCUT2D eigenvalue weighted by molar-refractivity contribution is 5.54. The van der Waals surface area contributed by atoms with E-state index in [9.17, 15) is 0 Å². The molecular weight excluding hydrogens is 492 g/mol. The molecule has 0 amide bonds. The Morgan fingerprint density at radius 3 is 1.72 bits per heavy atom. The fraction of sp³-hybridized carbons (Fsp3) is 0.273. The number of aryl methyl sites for hydroxylation is 4. The second kappa shape index (κ2) is 13.5. The molecule has 6 heteroatoms. The highest BCUT2D eigenvalue weighted by Crippen LogP contribution is 2.41. The molecule has 39 heavy (non-hydrogen) atoms. The molecule has 0 bridgehead atoms. The van der Waals surface area contributed by atoms with E-state index >= 15 is 0 Å². The van der Waals surface area contributed by atoms with Gasteiger partial charge in [-0.15, -0.1) is 0 Å². The molecule has 0 saturated heterocycles. The van der Waals surface area contributed by atoms with Crippen LogP contribution in [0.2, 0.25) is 0 Å². The van der Waals surface area contributed by atoms with E-state index in [0.29, 0.717) is 23.0 Å². The lowest BCUT2D eigenvalue weighted by atomic mass is 10.0. The Morgan fingerprint density at radius 2 is 1.03 bits per heavy atom. The van der Waals surface area contributed by atoms with Gasteiger partial charge in [-0.25, -0.2) is 0 Å². The van der Waals surface area contributed by atoms with Crippen LogP contribution in [0.1, 0.15) is 22.3 Å². The average molecular weight is 529 g/mol. The third kappa shape index (κ3) is 7.17. The maximum Gasteiger partial charge on any atom is 0.170 e. The maximum absolute atomic E-state index is 6.35. The predicted molar refractivity (Wildman–Crippen MR) is 153 cm³/mol. The van der Waals surface area contributed by atoms with Crippen molar-refractivity contribution >= 4 is 0 Å². The summed E-state index contributed by atoms with van der Waals surface area (Å²) in [4.78, 5) is 0. The van der Waals surface area contributed by atoms with Crippen LogP contribution < -0.4 is 28.4 Å². The van der Waals surface area contributed by atoms with Gasteiger partial charge in [0.05, 0.1) is 35.5 Å². The molecule has 6 nitrogen and oxygen atoms in total. The van der Waals surface area contributed by atoms with Gasteiger partial charge in [0.25, 0.3) is 0 Å². The van der Waals surface area contributed by atoms with E-state index in [4.69, 9.17) is 28.4 Å². The molecule has 0 aliphatic carbocycles. The largest absolute Gasteiger partial charge is 0.497 e. The minimum atomic E-state index is 0.586. The van der Waals surface area contributed by atoms with Crippen molar-refractivity contribution in [3.05, 3.63) is 101 Å². The van der Waals surface area contributed by atoms with Crippen LogP contribution in [0.4, 0.5) is 0 Å². The topological polar surface area (TPSA) is 55.4 Å². The summed E-state index contributed by atoms with van der Waals surface area (Å²) in [6.07, 6.45) is 3.38. The molecule has 0 heterocycles. The van der Waals surface area contributed by atoms with Gasteiger partial charge in [0.1, 0.15) is 17.2 Å². The Hall–Kier alpha value is -4.32. The Balaban J connectivity index is 1.52. The first-order valence-corrected chi connectivity index (χ1v) is 12.9. The molecule has 0 spiro atoms. The third-order valence-corrected chi connectivity index (χ3v) is 6.69. The number of hydrogen-bond donors (Lipinski definition) is 0. The van der Waals surface area contributed by atoms with Gasteiger partial charge in [0.15, 0.2) is 23.0 Å². The number of hydrogen-bond acceptors (Lipinski definition) is 6. The Morgan fingerprint density at radius 1 is 0.410 bits per heavy atom. The molecule has 4 rings (SSSR count). The molecule has 0 fully saturated rings. The van der Waals surface area contributed by atoms with Crippen molar-refractivity contribution in [1.82, 2.24) is 0 Å². The smallest absolute Gasteiger partial charge is 0.170 e. The van der Waals surface area contributed by atoms with Crippen molar-refractivity contribution in [1.29, 1.82) is 0 Å². The van der Waals surface area contributed by atoms with E-state index < -0.39 is 0 Å². The van der Waals surface area contributed by atoms with Crippen molar-refractivity contribution in [3.63, 3.8) is 0 Å². The molecule has 0 saturated carbocycles. The van der Waals surface area contributed by atoms with E-state index in [-0.39, 0.29) is 0 Å². The molecule has 0 atom stereocenters. The van der Waals surface area contributed by atoms with Gasteiger partial charge in [-0.2, -0.15) is 0 Å². The monoisotopic (exact) mass is 528 g/mol. The van der Waals surface area contributed by atoms with Gasteiger partial charge in [-0.1, -0.05) is 30.3 Å². The molecule has 0 N–H and O–H groups in total. The van der Waals surface area contributed by atoms with Crippen LogP contribution in [0.5, 0.6) is 40.2 Å². The Bertz CT molecular complexity index is 1360. The number of ether oxygens (including phenoxy) is 6. The van der Waals surface area contributed by atoms with E-state index in [0.717, 1.165) is 54.1 Å². The van der Waals surface area contributed by atoms with Crippen LogP contribution in [-0.2, 0) is 25.7 Å². The highest BCUT2D eigenvalue weighted by Gasteiger charge is 2.16. The van der Waals surface area contributed by atoms with E-state index in [2.05, 4.69) is 30.3 Å². The van der Waals surface area contributed by atoms with Crippen molar-refractivity contribution < 1.29 is 28.4 Å². The molecule has 0 aliphatic rings. The molecule has 4 aromatic rings. The molecule has 0 aliphatic heterocycles. The zero-order valence-corrected chi connectivity index (χ0v) is 23.3. The van der Waals surface area contributed by atoms with E-state index in [1.807, 2.05) is 48.5 Å². The van der Waals surface area contributed by atoms with Gasteiger partial charge in [-0.05, 0) is 90.4 Å². The summed E-state index contributed by atoms with van der Waals surface area (Å²) < 4.78 is 34.0. The van der Waals surface area contributed by atoms with Crippen LogP contribution in [0.15, 0.2) is 78.9 Å². The quantitative estimate of drug-likeness (QED) is 0.185. The third-order valence-electron chi connectivity index (χ3n) is 6.69. The van der Waals surface area contributed by atoms with Crippen molar-refractivity contribution in [2.75, 3.05) is 35.5 Å². The number of methoxy groups -OCH3 is 5. The molecule has 0 unspecified atom stereocenters. The summed E-state index contributed by atoms with van der Waals surface area (Å²) in [7, 11) is 8.29. The van der Waals surface area contributed by atoms with Crippen LogP contribution in [0.3, 0.4) is 0 Å². The first kappa shape index (κ1) is 27.7. The normalized spacial score (nSPS) is 10.6. The SMILES string of the molecule is COc1ccc(CCc2ccc(Oc3cc(CCc4cccc(OC)c4)c(OC)cc3OC)c(OC)c2)cc1. The lowest BCUT2D eigenvalue weighted by Gasteiger charge is -2.17. The highest BCUT2D eigenvalue weighted by atomic mass is 16.5. The van der Waals surface area contributed by atoms with Crippen LogP contribution in [-0.4, -0.2) is 35.5 Å². The fourth-order valence-corrected chi connectivity index (χ4v) is 4.47. The van der Waals surface area contributed by atoms with Gasteiger partial charge in [-0.3, -0.25) is 0 Å². The summed E-state index contributed by atoms with van der Waals surface area (Å²) in [5.74, 6) is 4.93. The Labute approximate surface area is 231 Å². The first-order valence-electron chi connectivity index (χ1n) is 12.9. The van der Waals surface area contributed by atoms with Gasteiger partial charge < -0.3 is 28.4 Å². The zero-order valence-electron chi connectivity index (χ0n) is 23.3. The molecule has 204 valence electrons. The first-order chi connectivity index (χ1) is 19.1. The lowest BCUT2D eigenvalue weighted by Crippen LogP contribution is -2.00. The van der Waals surface area contributed by atoms with Crippen LogP contribution in [0, 0.1) is 0 Å². The van der Waals surface area contributed by atoms with Crippen LogP contribution >= 0.6 is 0 Å². The van der Waals surface area contributed by atoms with Crippen molar-refractivity contribution in [3.8, 4) is 40.2 Å². The summed E-state index contributed by atoms with van der Waals surface area (Å²) in [6.45, 7) is 0. The van der Waals surface area contributed by atoms with Crippen molar-refractivity contribution in [2.24, 2.45) is 0 Å². The molecular formula is C33H36O6. The molecule has 0 aromatic heterocycles. The summed E-state index contributed by atoms with van der Waals surface area (Å²) in [5, 5.41) is 0. The summed E-state index contributed by atoms with van der Waals surface area (Å²) >= 11 is 0. The summed E-state index contributed by atoms with van der Waals surface area (Å²) in [6, 6.07) is 26.1. The summed E-state index contributed by atoms with van der Waals surface area (Å²) in [5.41, 5.74) is 4.61. The van der Waals surface area contributed by atoms with Crippen molar-refractivity contribution in [2.45, 2.75) is 25.7 Å². The molecule has 0 radical (unpaired) electrons. The minimum absolute atomic E-state index is 0.586. The molecule has 4 aromatic carbocycles. The number of rotatable bonds is 13. The zero-order chi connectivity index (χ0) is 27.6. The standard InChI is InChI=1S/C33H36O6/c1-34-27-16-12-23(13-17-27)9-10-25-14-18-29(31(20-25)37-4)39-33-21-26(30(36-3)22-32(33)38-5)15-11-24-7-6-8-28(19-24)35-2/h6-8,12-14,16-22H,9-11,15H2,1-5H3. The average Bonchev–Trinajstić information content (AvgIpc) is 2.99. The van der Waals surface area contributed by atoms with Crippen LogP contribution in [0.25, 0.3) is 0 Å². The van der Waals surface area contributed by atoms with E-state index in [1.54, 1.807) is 35.5 Å². The second-order valence-corrected chi connectivity index (χ2v) is 9.10. The van der Waals surface area contributed by atoms with Gasteiger partial charge >= 0.3 is 0 Å². The maximum atomic E-state index is 6.35. The lowest BCUT2D eigenvalue weighted by molar-refractivity contribution is 0.350. The van der Waals surface area contributed by atoms with Gasteiger partial charge in [0.2, 0.25) is 0 Å². The Kier molecular flexibility index (Phi) is 9.57. The number of benzene rings is 4. The van der Waals surface area contributed by atoms with Gasteiger partial charge in [0, 0.05) is 6.07 Å².